The minimum Gasteiger partial charge on any atom is -0.822 e. The first kappa shape index (κ1) is 50.4. The number of hydrogen-bond donors (Lipinski definition) is 10. The van der Waals surface area contributed by atoms with Gasteiger partial charge in [-0.3, -0.25) is 0 Å². The van der Waals surface area contributed by atoms with Crippen molar-refractivity contribution in [3.8, 4) is 0 Å². The Balaban J connectivity index is -0.000000203. The van der Waals surface area contributed by atoms with E-state index >= 15 is 0 Å². The molecule has 2 aliphatic rings. The standard InChI is InChI=1S/C12H22O11.2CH2O3.2Ca.Na.H3O4P/c13-1-3-5(15)6(16)9(19)12(22-3)23-10-4(2-14)21-11(20)8(18)7(10)17;2*2-1(3)4;;;;1-5(2,3)4/h3-20H,1-2H2;2*(H2,2,3,4);;;;(H3,1,2,3,4)/q;;;2*+2;+1;/p-5/t3-,4-,5+,6+,7-,8-,9-,10-,11?,12+;;;;;;/m1....../s1. The Hall–Kier alpha value is 1.73. The topological polar surface area (TPSA) is 397 Å². The molecule has 0 aromatic heterocycles. The number of hydrogen-bond acceptors (Lipinski definition) is 19. The van der Waals surface area contributed by atoms with Crippen LogP contribution in [-0.2, 0) is 18.8 Å². The molecule has 10 atom stereocenters. The average Bonchev–Trinajstić information content (AvgIpc) is 2.72. The van der Waals surface area contributed by atoms with E-state index in [1.165, 1.54) is 0 Å². The van der Waals surface area contributed by atoms with Gasteiger partial charge in [-0.2, -0.15) is 7.82 Å². The molecule has 2 fully saturated rings. The zero-order chi connectivity index (χ0) is 29.0. The van der Waals surface area contributed by atoms with Crippen LogP contribution in [0.5, 0.6) is 0 Å². The number of aliphatic hydroxyl groups is 8. The van der Waals surface area contributed by atoms with E-state index in [0.717, 1.165) is 0 Å². The third kappa shape index (κ3) is 22.9. The monoisotopic (exact) mass is 662 g/mol. The van der Waals surface area contributed by atoms with Crippen molar-refractivity contribution in [3.05, 3.63) is 0 Å². The zero-order valence-electron chi connectivity index (χ0n) is 20.0. The van der Waals surface area contributed by atoms with Crippen LogP contribution < -0.4 is 54.5 Å². The van der Waals surface area contributed by atoms with Gasteiger partial charge in [-0.15, -0.1) is 0 Å². The molecule has 1 unspecified atom stereocenters. The Kier molecular flexibility index (Phi) is 32.4. The summed E-state index contributed by atoms with van der Waals surface area (Å²) in [5.41, 5.74) is 0. The fraction of sp³-hybridized carbons (Fsp3) is 0.857. The Bertz CT molecular complexity index is 671. The summed E-state index contributed by atoms with van der Waals surface area (Å²) in [5, 5.41) is 107. The molecule has 0 saturated carbocycles. The number of carboxylic acid groups (broad SMARTS) is 4. The quantitative estimate of drug-likeness (QED) is 0.0986. The van der Waals surface area contributed by atoms with Crippen molar-refractivity contribution in [2.75, 3.05) is 13.2 Å². The molecule has 0 bridgehead atoms. The van der Waals surface area contributed by atoms with Gasteiger partial charge in [-0.05, 0) is 6.16 Å². The van der Waals surface area contributed by atoms with E-state index in [2.05, 4.69) is 0 Å². The van der Waals surface area contributed by atoms with Crippen LogP contribution in [0.1, 0.15) is 0 Å². The van der Waals surface area contributed by atoms with E-state index in [-0.39, 0.29) is 105 Å². The Morgan fingerprint density at radius 3 is 1.44 bits per heavy atom. The summed E-state index contributed by atoms with van der Waals surface area (Å²) >= 11 is 0. The molecular weight excluding hydrogens is 638 g/mol. The summed E-state index contributed by atoms with van der Waals surface area (Å²) < 4.78 is 23.8. The van der Waals surface area contributed by atoms with Gasteiger partial charge < -0.3 is 99.5 Å². The van der Waals surface area contributed by atoms with Gasteiger partial charge in [0.05, 0.1) is 13.2 Å². The minimum absolute atomic E-state index is 0. The van der Waals surface area contributed by atoms with Crippen molar-refractivity contribution >= 4 is 95.6 Å². The molecule has 0 amide bonds. The van der Waals surface area contributed by atoms with Gasteiger partial charge in [0.2, 0.25) is 0 Å². The van der Waals surface area contributed by atoms with Gasteiger partial charge in [0.15, 0.2) is 12.6 Å². The first-order chi connectivity index (χ1) is 16.3. The predicted molar refractivity (Wildman–Crippen MR) is 104 cm³/mol. The Morgan fingerprint density at radius 2 is 1.10 bits per heavy atom. The molecular formula is C14H24Ca2NaO21P. The van der Waals surface area contributed by atoms with Crippen LogP contribution in [0.4, 0.5) is 9.59 Å². The Labute approximate surface area is 300 Å². The van der Waals surface area contributed by atoms with Crippen LogP contribution in [0, 0.1) is 0 Å². The first-order valence-electron chi connectivity index (χ1n) is 9.07. The van der Waals surface area contributed by atoms with Crippen molar-refractivity contribution in [1.82, 2.24) is 0 Å². The van der Waals surface area contributed by atoms with Gasteiger partial charge in [0, 0.05) is 0 Å². The average molecular weight is 662 g/mol. The maximum absolute atomic E-state index is 9.94. The molecule has 0 aromatic rings. The second-order valence-electron chi connectivity index (χ2n) is 6.51. The van der Waals surface area contributed by atoms with Crippen LogP contribution in [0.25, 0.3) is 0 Å². The molecule has 25 heteroatoms. The van der Waals surface area contributed by atoms with Crippen molar-refractivity contribution < 1.29 is 134 Å². The van der Waals surface area contributed by atoms with Gasteiger partial charge >= 0.3 is 111 Å². The van der Waals surface area contributed by atoms with Crippen LogP contribution in [-0.4, -0.2) is 213 Å². The number of rotatable bonds is 4. The normalized spacial score (nSPS) is 33.2. The molecule has 39 heavy (non-hydrogen) atoms. The molecule has 2 rings (SSSR count). The van der Waals surface area contributed by atoms with Crippen LogP contribution in [0.3, 0.4) is 0 Å². The molecule has 0 spiro atoms. The fourth-order valence-corrected chi connectivity index (χ4v) is 2.57. The molecule has 216 valence electrons. The summed E-state index contributed by atoms with van der Waals surface area (Å²) in [4.78, 5) is 42.5. The number of carbonyl (C=O) groups excluding carboxylic acids is 1. The number of ether oxygens (including phenoxy) is 3. The van der Waals surface area contributed by atoms with Crippen LogP contribution in [0.15, 0.2) is 0 Å². The van der Waals surface area contributed by atoms with E-state index in [4.69, 9.17) is 68.6 Å². The van der Waals surface area contributed by atoms with Crippen molar-refractivity contribution in [2.45, 2.75) is 61.4 Å². The second-order valence-corrected chi connectivity index (χ2v) is 7.40. The Morgan fingerprint density at radius 1 is 0.744 bits per heavy atom. The number of aliphatic hydroxyl groups excluding tert-OH is 8. The largest absolute Gasteiger partial charge is 2.00 e. The molecule has 0 aromatic carbocycles. The summed E-state index contributed by atoms with van der Waals surface area (Å²) in [5.74, 6) is 0. The van der Waals surface area contributed by atoms with Crippen molar-refractivity contribution in [1.29, 1.82) is 0 Å². The van der Waals surface area contributed by atoms with Gasteiger partial charge in [0.1, 0.15) is 48.8 Å². The second kappa shape index (κ2) is 25.1. The molecule has 2 aliphatic heterocycles. The first-order valence-corrected chi connectivity index (χ1v) is 10.5. The number of phosphoric acid groups is 1. The van der Waals surface area contributed by atoms with Gasteiger partial charge in [-0.25, -0.2) is 4.79 Å². The smallest absolute Gasteiger partial charge is 0.822 e. The van der Waals surface area contributed by atoms with E-state index in [0.29, 0.717) is 0 Å². The maximum Gasteiger partial charge on any atom is 2.00 e. The van der Waals surface area contributed by atoms with Crippen molar-refractivity contribution in [3.63, 3.8) is 0 Å². The molecule has 2 heterocycles. The zero-order valence-corrected chi connectivity index (χ0v) is 27.3. The molecule has 0 aliphatic carbocycles. The SMILES string of the molecule is O=C(O)O.O=C([O-])[O-].O=P([O-])([O-])[O-].OC[C@H]1O[C@@H](O[C@H]2[C@H](O)[C@@H](O)C(O)O[C@@H]2CO)[C@H](O)[C@@H](O)[C@H]1O.[Ca+2].[Ca+2].[Na+]. The summed E-state index contributed by atoms with van der Waals surface area (Å²) in [7, 11) is -5.39. The third-order valence-electron chi connectivity index (χ3n) is 3.98. The van der Waals surface area contributed by atoms with Gasteiger partial charge in [0.25, 0.3) is 0 Å². The van der Waals surface area contributed by atoms with Gasteiger partial charge in [-0.1, -0.05) is 0 Å². The molecule has 21 nitrogen and oxygen atoms in total. The van der Waals surface area contributed by atoms with E-state index in [9.17, 15) is 35.7 Å². The van der Waals surface area contributed by atoms with E-state index < -0.39 is 94.8 Å². The molecule has 0 radical (unpaired) electrons. The summed E-state index contributed by atoms with van der Waals surface area (Å²) in [6, 6.07) is 0. The fourth-order valence-electron chi connectivity index (χ4n) is 2.57. The third-order valence-corrected chi connectivity index (χ3v) is 3.98. The van der Waals surface area contributed by atoms with E-state index in [1.54, 1.807) is 0 Å². The van der Waals surface area contributed by atoms with Crippen LogP contribution >= 0.6 is 7.82 Å². The predicted octanol–water partition coefficient (Wildman–Crippen LogP) is -14.2. The molecule has 10 N–H and O–H groups in total. The molecule has 2 saturated heterocycles. The summed E-state index contributed by atoms with van der Waals surface area (Å²) in [6.07, 6.45) is -19.7. The van der Waals surface area contributed by atoms with E-state index in [1.807, 2.05) is 0 Å². The van der Waals surface area contributed by atoms with Crippen molar-refractivity contribution in [2.24, 2.45) is 0 Å². The maximum atomic E-state index is 9.94. The number of carbonyl (C=O) groups is 2. The van der Waals surface area contributed by atoms with Crippen LogP contribution in [0.2, 0.25) is 0 Å². The summed E-state index contributed by atoms with van der Waals surface area (Å²) in [6.45, 7) is -1.35. The minimum atomic E-state index is -5.39.